The van der Waals surface area contributed by atoms with Gasteiger partial charge in [-0.15, -0.1) is 0 Å². The summed E-state index contributed by atoms with van der Waals surface area (Å²) in [4.78, 5) is 2.02. The molecule has 3 nitrogen and oxygen atoms in total. The molecule has 1 aromatic rings. The first-order chi connectivity index (χ1) is 8.66. The Balaban J connectivity index is 1.91. The zero-order valence-corrected chi connectivity index (χ0v) is 11.8. The summed E-state index contributed by atoms with van der Waals surface area (Å²) in [5.74, 6) is 0.714. The highest BCUT2D eigenvalue weighted by molar-refractivity contribution is 6.33. The smallest absolute Gasteiger partial charge is 0.0659 e. The van der Waals surface area contributed by atoms with E-state index >= 15 is 0 Å². The lowest BCUT2D eigenvalue weighted by Crippen LogP contribution is -2.22. The first-order valence-corrected chi connectivity index (χ1v) is 6.83. The highest BCUT2D eigenvalue weighted by Crippen LogP contribution is 2.27. The van der Waals surface area contributed by atoms with Gasteiger partial charge in [-0.05, 0) is 37.0 Å². The van der Waals surface area contributed by atoms with Crippen LogP contribution in [0.1, 0.15) is 12.8 Å². The second kappa shape index (κ2) is 6.30. The lowest BCUT2D eigenvalue weighted by Gasteiger charge is -2.23. The van der Waals surface area contributed by atoms with Crippen molar-refractivity contribution < 1.29 is 4.74 Å². The van der Waals surface area contributed by atoms with Gasteiger partial charge in [0.1, 0.15) is 0 Å². The molecule has 0 atom stereocenters. The van der Waals surface area contributed by atoms with Crippen LogP contribution in [-0.2, 0) is 4.74 Å². The molecule has 100 valence electrons. The monoisotopic (exact) mass is 268 g/mol. The molecule has 0 aliphatic carbocycles. The zero-order chi connectivity index (χ0) is 13.0. The second-order valence-electron chi connectivity index (χ2n) is 5.00. The molecule has 0 unspecified atom stereocenters. The van der Waals surface area contributed by atoms with Crippen LogP contribution < -0.4 is 10.2 Å². The van der Waals surface area contributed by atoms with Gasteiger partial charge in [0.15, 0.2) is 0 Å². The molecule has 0 amide bonds. The van der Waals surface area contributed by atoms with Gasteiger partial charge in [-0.3, -0.25) is 0 Å². The number of anilines is 2. The SMILES string of the molecule is CN(C)c1ccc(NCC2CCOCC2)cc1Cl. The third-order valence-electron chi connectivity index (χ3n) is 3.37. The van der Waals surface area contributed by atoms with Crippen molar-refractivity contribution in [1.82, 2.24) is 0 Å². The quantitative estimate of drug-likeness (QED) is 0.907. The molecule has 1 fully saturated rings. The van der Waals surface area contributed by atoms with Gasteiger partial charge in [0.2, 0.25) is 0 Å². The minimum atomic E-state index is 0.714. The van der Waals surface area contributed by atoms with Gasteiger partial charge < -0.3 is 15.0 Å². The van der Waals surface area contributed by atoms with Crippen molar-refractivity contribution in [1.29, 1.82) is 0 Å². The minimum absolute atomic E-state index is 0.714. The molecule has 1 saturated heterocycles. The van der Waals surface area contributed by atoms with E-state index in [1.54, 1.807) is 0 Å². The largest absolute Gasteiger partial charge is 0.385 e. The number of hydrogen-bond acceptors (Lipinski definition) is 3. The molecule has 0 radical (unpaired) electrons. The predicted molar refractivity (Wildman–Crippen MR) is 77.8 cm³/mol. The van der Waals surface area contributed by atoms with E-state index in [2.05, 4.69) is 17.4 Å². The molecule has 1 aromatic carbocycles. The molecular weight excluding hydrogens is 248 g/mol. The Morgan fingerprint density at radius 2 is 2.06 bits per heavy atom. The van der Waals surface area contributed by atoms with Crippen molar-refractivity contribution in [3.8, 4) is 0 Å². The van der Waals surface area contributed by atoms with Gasteiger partial charge >= 0.3 is 0 Å². The molecule has 0 aromatic heterocycles. The van der Waals surface area contributed by atoms with E-state index in [9.17, 15) is 0 Å². The van der Waals surface area contributed by atoms with Gasteiger partial charge in [0, 0.05) is 39.5 Å². The van der Waals surface area contributed by atoms with Crippen molar-refractivity contribution in [2.24, 2.45) is 5.92 Å². The summed E-state index contributed by atoms with van der Waals surface area (Å²) in [5.41, 5.74) is 2.14. The molecule has 4 heteroatoms. The molecule has 1 heterocycles. The second-order valence-corrected chi connectivity index (χ2v) is 5.40. The summed E-state index contributed by atoms with van der Waals surface area (Å²) in [6.45, 7) is 2.79. The normalized spacial score (nSPS) is 16.6. The summed E-state index contributed by atoms with van der Waals surface area (Å²) in [5, 5.41) is 4.25. The van der Waals surface area contributed by atoms with Crippen LogP contribution in [0.2, 0.25) is 5.02 Å². The number of nitrogens with zero attached hydrogens (tertiary/aromatic N) is 1. The van der Waals surface area contributed by atoms with Gasteiger partial charge in [-0.25, -0.2) is 0 Å². The predicted octanol–water partition coefficient (Wildman–Crippen LogP) is 3.24. The summed E-state index contributed by atoms with van der Waals surface area (Å²) < 4.78 is 5.36. The van der Waals surface area contributed by atoms with Crippen LogP contribution in [0.15, 0.2) is 18.2 Å². The van der Waals surface area contributed by atoms with E-state index in [0.717, 1.165) is 49.0 Å². The summed E-state index contributed by atoms with van der Waals surface area (Å²) in [6.07, 6.45) is 2.30. The van der Waals surface area contributed by atoms with Crippen LogP contribution >= 0.6 is 11.6 Å². The van der Waals surface area contributed by atoms with Crippen molar-refractivity contribution in [3.05, 3.63) is 23.2 Å². The minimum Gasteiger partial charge on any atom is -0.385 e. The fourth-order valence-corrected chi connectivity index (χ4v) is 2.54. The Bertz CT molecular complexity index is 389. The number of ether oxygens (including phenoxy) is 1. The highest BCUT2D eigenvalue weighted by atomic mass is 35.5. The first kappa shape index (κ1) is 13.5. The molecule has 18 heavy (non-hydrogen) atoms. The molecule has 1 aliphatic rings. The maximum atomic E-state index is 6.24. The Morgan fingerprint density at radius 1 is 1.33 bits per heavy atom. The molecule has 0 bridgehead atoms. The topological polar surface area (TPSA) is 24.5 Å². The van der Waals surface area contributed by atoms with Crippen LogP contribution in [0.25, 0.3) is 0 Å². The third kappa shape index (κ3) is 3.53. The van der Waals surface area contributed by atoms with Crippen LogP contribution in [0.5, 0.6) is 0 Å². The lowest BCUT2D eigenvalue weighted by molar-refractivity contribution is 0.0699. The van der Waals surface area contributed by atoms with E-state index in [4.69, 9.17) is 16.3 Å². The maximum absolute atomic E-state index is 6.24. The average molecular weight is 269 g/mol. The number of nitrogens with one attached hydrogen (secondary N) is 1. The molecule has 1 N–H and O–H groups in total. The van der Waals surface area contributed by atoms with E-state index in [0.29, 0.717) is 5.92 Å². The van der Waals surface area contributed by atoms with E-state index in [1.165, 1.54) is 0 Å². The van der Waals surface area contributed by atoms with Crippen LogP contribution in [0.4, 0.5) is 11.4 Å². The number of hydrogen-bond donors (Lipinski definition) is 1. The van der Waals surface area contributed by atoms with Gasteiger partial charge in [-0.2, -0.15) is 0 Å². The fraction of sp³-hybridized carbons (Fsp3) is 0.571. The maximum Gasteiger partial charge on any atom is 0.0659 e. The van der Waals surface area contributed by atoms with Gasteiger partial charge in [0.25, 0.3) is 0 Å². The number of rotatable bonds is 4. The van der Waals surface area contributed by atoms with Crippen LogP contribution in [0.3, 0.4) is 0 Å². The van der Waals surface area contributed by atoms with Crippen molar-refractivity contribution in [3.63, 3.8) is 0 Å². The van der Waals surface area contributed by atoms with Gasteiger partial charge in [0.05, 0.1) is 10.7 Å². The molecule has 2 rings (SSSR count). The molecule has 0 saturated carbocycles. The van der Waals surface area contributed by atoms with Crippen molar-refractivity contribution >= 4 is 23.0 Å². The van der Waals surface area contributed by atoms with Crippen molar-refractivity contribution in [2.45, 2.75) is 12.8 Å². The summed E-state index contributed by atoms with van der Waals surface area (Å²) >= 11 is 6.24. The Labute approximate surface area is 114 Å². The van der Waals surface area contributed by atoms with E-state index in [-0.39, 0.29) is 0 Å². The third-order valence-corrected chi connectivity index (χ3v) is 3.67. The fourth-order valence-electron chi connectivity index (χ4n) is 2.19. The van der Waals surface area contributed by atoms with Gasteiger partial charge in [-0.1, -0.05) is 11.6 Å². The standard InChI is InChI=1S/C14H21ClN2O/c1-17(2)14-4-3-12(9-13(14)15)16-10-11-5-7-18-8-6-11/h3-4,9,11,16H,5-8,10H2,1-2H3. The highest BCUT2D eigenvalue weighted by Gasteiger charge is 2.13. The van der Waals surface area contributed by atoms with E-state index in [1.807, 2.05) is 25.1 Å². The average Bonchev–Trinajstić information content (AvgIpc) is 2.37. The lowest BCUT2D eigenvalue weighted by atomic mass is 10.0. The van der Waals surface area contributed by atoms with Crippen molar-refractivity contribution in [2.75, 3.05) is 44.1 Å². The summed E-state index contributed by atoms with van der Waals surface area (Å²) in [7, 11) is 3.99. The number of benzene rings is 1. The first-order valence-electron chi connectivity index (χ1n) is 6.45. The summed E-state index contributed by atoms with van der Waals surface area (Å²) in [6, 6.07) is 6.13. The Morgan fingerprint density at radius 3 is 2.67 bits per heavy atom. The Kier molecular flexibility index (Phi) is 4.72. The number of halogens is 1. The van der Waals surface area contributed by atoms with E-state index < -0.39 is 0 Å². The Hall–Kier alpha value is -0.930. The molecular formula is C14H21ClN2O. The zero-order valence-electron chi connectivity index (χ0n) is 11.1. The molecule has 1 aliphatic heterocycles. The van der Waals surface area contributed by atoms with Crippen LogP contribution in [0, 0.1) is 5.92 Å². The molecule has 0 spiro atoms. The van der Waals surface area contributed by atoms with Crippen LogP contribution in [-0.4, -0.2) is 33.9 Å².